The summed E-state index contributed by atoms with van der Waals surface area (Å²) in [6.45, 7) is 4.41. The standard InChI is InChI=1S/C22H32O3S.K/c1-3-5-7-9-11-18-13-14-19-15-16-20(26(23,24)25)17-22(19)21(18)12-10-8-6-4-2;/h13-17H,3-12H2,1-2H3,(H,23,24,25);/q;+1/p-1. The van der Waals surface area contributed by atoms with Gasteiger partial charge in [0.05, 0.1) is 4.90 Å². The van der Waals surface area contributed by atoms with Crippen molar-refractivity contribution in [2.75, 3.05) is 0 Å². The number of aryl methyl sites for hydroxylation is 2. The zero-order chi connectivity index (χ0) is 19.0. The molecule has 27 heavy (non-hydrogen) atoms. The molecule has 144 valence electrons. The van der Waals surface area contributed by atoms with Gasteiger partial charge in [0, 0.05) is 0 Å². The monoisotopic (exact) mass is 414 g/mol. The van der Waals surface area contributed by atoms with E-state index in [4.69, 9.17) is 0 Å². The van der Waals surface area contributed by atoms with Gasteiger partial charge in [-0.05, 0) is 59.7 Å². The zero-order valence-corrected chi connectivity index (χ0v) is 21.0. The van der Waals surface area contributed by atoms with E-state index >= 15 is 0 Å². The molecule has 0 atom stereocenters. The largest absolute Gasteiger partial charge is 1.00 e. The minimum atomic E-state index is -4.43. The quantitative estimate of drug-likeness (QED) is 0.323. The second-order valence-electron chi connectivity index (χ2n) is 7.16. The van der Waals surface area contributed by atoms with Gasteiger partial charge in [0.25, 0.3) is 0 Å². The first-order valence-electron chi connectivity index (χ1n) is 9.97. The molecule has 0 saturated carbocycles. The van der Waals surface area contributed by atoms with E-state index in [0.29, 0.717) is 0 Å². The third kappa shape index (κ3) is 7.88. The maximum Gasteiger partial charge on any atom is 1.00 e. The minimum Gasteiger partial charge on any atom is -0.744 e. The molecule has 0 radical (unpaired) electrons. The summed E-state index contributed by atoms with van der Waals surface area (Å²) < 4.78 is 34.4. The van der Waals surface area contributed by atoms with Crippen LogP contribution in [0.1, 0.15) is 76.3 Å². The molecule has 0 fully saturated rings. The Morgan fingerprint density at radius 2 is 1.41 bits per heavy atom. The first kappa shape index (κ1) is 25.3. The summed E-state index contributed by atoms with van der Waals surface area (Å²) in [5, 5.41) is 1.95. The van der Waals surface area contributed by atoms with Crippen LogP contribution in [0.5, 0.6) is 0 Å². The summed E-state index contributed by atoms with van der Waals surface area (Å²) in [5.41, 5.74) is 2.55. The predicted octanol–water partition coefficient (Wildman–Crippen LogP) is 2.99. The molecule has 2 rings (SSSR count). The third-order valence-corrected chi connectivity index (χ3v) is 5.90. The van der Waals surface area contributed by atoms with Crippen LogP contribution in [-0.4, -0.2) is 13.0 Å². The molecule has 0 bridgehead atoms. The molecule has 0 heterocycles. The van der Waals surface area contributed by atoms with Crippen molar-refractivity contribution in [3.05, 3.63) is 41.5 Å². The summed E-state index contributed by atoms with van der Waals surface area (Å²) in [6, 6.07) is 9.02. The van der Waals surface area contributed by atoms with Gasteiger partial charge in [-0.3, -0.25) is 0 Å². The fourth-order valence-electron chi connectivity index (χ4n) is 3.56. The van der Waals surface area contributed by atoms with E-state index < -0.39 is 10.1 Å². The van der Waals surface area contributed by atoms with Crippen molar-refractivity contribution >= 4 is 20.9 Å². The molecule has 0 saturated heterocycles. The zero-order valence-electron chi connectivity index (χ0n) is 17.1. The van der Waals surface area contributed by atoms with Gasteiger partial charge < -0.3 is 4.55 Å². The Morgan fingerprint density at radius 3 is 2.00 bits per heavy atom. The van der Waals surface area contributed by atoms with Crippen LogP contribution in [0.2, 0.25) is 0 Å². The van der Waals surface area contributed by atoms with Gasteiger partial charge in [0.1, 0.15) is 10.1 Å². The Bertz CT molecular complexity index is 816. The first-order chi connectivity index (χ1) is 12.5. The number of rotatable bonds is 11. The Balaban J connectivity index is 0.00000364. The van der Waals surface area contributed by atoms with Crippen molar-refractivity contribution in [3.8, 4) is 0 Å². The maximum atomic E-state index is 11.5. The fraction of sp³-hybridized carbons (Fsp3) is 0.545. The molecule has 0 amide bonds. The van der Waals surface area contributed by atoms with Crippen LogP contribution in [-0.2, 0) is 23.0 Å². The van der Waals surface area contributed by atoms with Crippen LogP contribution in [0.25, 0.3) is 10.8 Å². The molecule has 0 aliphatic rings. The molecule has 0 N–H and O–H groups in total. The number of hydrogen-bond acceptors (Lipinski definition) is 3. The molecule has 3 nitrogen and oxygen atoms in total. The van der Waals surface area contributed by atoms with Crippen molar-refractivity contribution in [2.45, 2.75) is 83.0 Å². The number of fused-ring (bicyclic) bond motifs is 1. The van der Waals surface area contributed by atoms with Gasteiger partial charge in [-0.1, -0.05) is 70.6 Å². The molecule has 0 aromatic heterocycles. The molecule has 0 aliphatic carbocycles. The van der Waals surface area contributed by atoms with E-state index in [1.54, 1.807) is 12.1 Å². The summed E-state index contributed by atoms with van der Waals surface area (Å²) >= 11 is 0. The average Bonchev–Trinajstić information content (AvgIpc) is 2.62. The second-order valence-corrected chi connectivity index (χ2v) is 8.54. The fourth-order valence-corrected chi connectivity index (χ4v) is 4.06. The summed E-state index contributed by atoms with van der Waals surface area (Å²) in [6.07, 6.45) is 11.5. The van der Waals surface area contributed by atoms with Crippen LogP contribution in [0.4, 0.5) is 0 Å². The number of benzene rings is 2. The second kappa shape index (κ2) is 12.7. The summed E-state index contributed by atoms with van der Waals surface area (Å²) in [4.78, 5) is -0.122. The summed E-state index contributed by atoms with van der Waals surface area (Å²) in [7, 11) is -4.43. The minimum absolute atomic E-state index is 0. The Morgan fingerprint density at radius 1 is 0.815 bits per heavy atom. The van der Waals surface area contributed by atoms with E-state index in [1.165, 1.54) is 55.7 Å². The Hall–Kier alpha value is 0.246. The normalized spacial score (nSPS) is 11.5. The van der Waals surface area contributed by atoms with Crippen LogP contribution in [0.15, 0.2) is 35.2 Å². The number of hydrogen-bond donors (Lipinski definition) is 0. The SMILES string of the molecule is CCCCCCc1ccc2ccc(S(=O)(=O)[O-])cc2c1CCCCCC.[K+]. The third-order valence-electron chi connectivity index (χ3n) is 5.07. The van der Waals surface area contributed by atoms with Gasteiger partial charge >= 0.3 is 51.4 Å². The van der Waals surface area contributed by atoms with E-state index in [-0.39, 0.29) is 56.3 Å². The van der Waals surface area contributed by atoms with Gasteiger partial charge in [-0.25, -0.2) is 8.42 Å². The van der Waals surface area contributed by atoms with Gasteiger partial charge in [0.15, 0.2) is 0 Å². The molecule has 2 aromatic rings. The van der Waals surface area contributed by atoms with E-state index in [1.807, 2.05) is 0 Å². The molecule has 0 spiro atoms. The van der Waals surface area contributed by atoms with Crippen LogP contribution in [0, 0.1) is 0 Å². The first-order valence-corrected chi connectivity index (χ1v) is 11.4. The van der Waals surface area contributed by atoms with Gasteiger partial charge in [-0.15, -0.1) is 0 Å². The van der Waals surface area contributed by atoms with Crippen molar-refractivity contribution in [3.63, 3.8) is 0 Å². The Labute approximate surface area is 207 Å². The van der Waals surface area contributed by atoms with E-state index in [9.17, 15) is 13.0 Å². The average molecular weight is 415 g/mol. The van der Waals surface area contributed by atoms with Crippen molar-refractivity contribution in [1.82, 2.24) is 0 Å². The van der Waals surface area contributed by atoms with Crippen molar-refractivity contribution in [2.24, 2.45) is 0 Å². The van der Waals surface area contributed by atoms with Gasteiger partial charge in [0.2, 0.25) is 0 Å². The molecule has 0 aliphatic heterocycles. The van der Waals surface area contributed by atoms with Crippen molar-refractivity contribution < 1.29 is 64.4 Å². The van der Waals surface area contributed by atoms with Crippen LogP contribution in [0.3, 0.4) is 0 Å². The molecule has 0 unspecified atom stereocenters. The Kier molecular flexibility index (Phi) is 11.9. The summed E-state index contributed by atoms with van der Waals surface area (Å²) in [5.74, 6) is 0. The van der Waals surface area contributed by atoms with Crippen LogP contribution >= 0.6 is 0 Å². The molecular weight excluding hydrogens is 383 g/mol. The van der Waals surface area contributed by atoms with E-state index in [0.717, 1.165) is 36.5 Å². The smallest absolute Gasteiger partial charge is 0.744 e. The predicted molar refractivity (Wildman–Crippen MR) is 108 cm³/mol. The van der Waals surface area contributed by atoms with Gasteiger partial charge in [-0.2, -0.15) is 0 Å². The molecular formula is C22H31KO3S. The van der Waals surface area contributed by atoms with Crippen molar-refractivity contribution in [1.29, 1.82) is 0 Å². The maximum absolute atomic E-state index is 11.5. The van der Waals surface area contributed by atoms with Crippen LogP contribution < -0.4 is 51.4 Å². The molecule has 5 heteroatoms. The topological polar surface area (TPSA) is 57.2 Å². The molecule has 2 aromatic carbocycles. The number of unbranched alkanes of at least 4 members (excludes halogenated alkanes) is 6. The van der Waals surface area contributed by atoms with E-state index in [2.05, 4.69) is 26.0 Å².